The fraction of sp³-hybridized carbons (Fsp3) is 0.700. The van der Waals surface area contributed by atoms with Gasteiger partial charge in [0.2, 0.25) is 11.2 Å². The van der Waals surface area contributed by atoms with Crippen molar-refractivity contribution >= 4 is 29.5 Å². The second-order valence-corrected chi connectivity index (χ2v) is 13.9. The molecule has 7 fully saturated rings. The van der Waals surface area contributed by atoms with E-state index in [0.717, 1.165) is 0 Å². The van der Waals surface area contributed by atoms with Crippen LogP contribution in [-0.2, 0) is 47.7 Å². The van der Waals surface area contributed by atoms with Gasteiger partial charge in [0.15, 0.2) is 11.4 Å². The Labute approximate surface area is 241 Å². The maximum absolute atomic E-state index is 14.2. The van der Waals surface area contributed by atoms with Crippen molar-refractivity contribution in [3.8, 4) is 0 Å². The first kappa shape index (κ1) is 27.9. The summed E-state index contributed by atoms with van der Waals surface area (Å²) in [6.07, 6.45) is 0.361. The van der Waals surface area contributed by atoms with Crippen molar-refractivity contribution in [2.45, 2.75) is 107 Å². The van der Waals surface area contributed by atoms with E-state index in [1.807, 2.05) is 13.8 Å². The Morgan fingerprint density at radius 3 is 2.45 bits per heavy atom. The number of Topliss-reactive ketones (excluding diaryl/α,β-unsaturated/α-hetero) is 2. The molecule has 2 spiro atoms. The average Bonchev–Trinajstić information content (AvgIpc) is 3.51. The van der Waals surface area contributed by atoms with Crippen LogP contribution in [-0.4, -0.2) is 80.1 Å². The van der Waals surface area contributed by atoms with E-state index in [1.165, 1.54) is 12.2 Å². The summed E-state index contributed by atoms with van der Waals surface area (Å²) in [5, 5.41) is 24.4. The van der Waals surface area contributed by atoms with Gasteiger partial charge in [0.1, 0.15) is 17.6 Å². The van der Waals surface area contributed by atoms with Gasteiger partial charge in [0.25, 0.3) is 5.79 Å². The summed E-state index contributed by atoms with van der Waals surface area (Å²) >= 11 is 0. The zero-order valence-electron chi connectivity index (χ0n) is 24.1. The Kier molecular flexibility index (Phi) is 5.28. The molecule has 0 radical (unpaired) electrons. The highest BCUT2D eigenvalue weighted by Crippen LogP contribution is 2.71. The second-order valence-electron chi connectivity index (χ2n) is 13.9. The summed E-state index contributed by atoms with van der Waals surface area (Å²) in [4.78, 5) is 66.4. The van der Waals surface area contributed by atoms with Crippen molar-refractivity contribution in [1.82, 2.24) is 0 Å². The Bertz CT molecular complexity index is 1440. The van der Waals surface area contributed by atoms with E-state index in [1.54, 1.807) is 20.8 Å². The fourth-order valence-corrected chi connectivity index (χ4v) is 9.13. The lowest BCUT2D eigenvalue weighted by atomic mass is 9.57. The number of esters is 3. The number of ether oxygens (including phenoxy) is 5. The third kappa shape index (κ3) is 3.03. The van der Waals surface area contributed by atoms with Crippen molar-refractivity contribution in [1.29, 1.82) is 0 Å². The molecule has 42 heavy (non-hydrogen) atoms. The summed E-state index contributed by atoms with van der Waals surface area (Å²) in [6, 6.07) is 0. The van der Waals surface area contributed by atoms with Crippen LogP contribution in [0.3, 0.4) is 0 Å². The van der Waals surface area contributed by atoms with Crippen LogP contribution in [0, 0.1) is 23.2 Å². The molecule has 1 aliphatic carbocycles. The lowest BCUT2D eigenvalue weighted by molar-refractivity contribution is -0.372. The van der Waals surface area contributed by atoms with Gasteiger partial charge in [-0.05, 0) is 52.2 Å². The lowest BCUT2D eigenvalue weighted by Gasteiger charge is -2.56. The van der Waals surface area contributed by atoms with Crippen LogP contribution in [0.1, 0.15) is 66.7 Å². The molecule has 0 aromatic heterocycles. The van der Waals surface area contributed by atoms with E-state index in [-0.39, 0.29) is 31.4 Å². The molecule has 0 unspecified atom stereocenters. The SMILES string of the molecule is CC1=C/C(=C/[C@H](C)C(=O)[C@@]2(C)CC[C@@]34OC(=O)[C@](O)(C2)C(=O)[C@@H]3[C@H]2C[C@H]3C(C)(C)O[C@@H]5CC(=O)O[C@@]53[C@]4(O)O2)OC1=O. The highest BCUT2D eigenvalue weighted by molar-refractivity contribution is 6.12. The van der Waals surface area contributed by atoms with E-state index in [2.05, 4.69) is 0 Å². The predicted molar refractivity (Wildman–Crippen MR) is 137 cm³/mol. The quantitative estimate of drug-likeness (QED) is 0.273. The Hall–Kier alpha value is -2.93. The van der Waals surface area contributed by atoms with Crippen LogP contribution in [0.2, 0.25) is 0 Å². The Balaban J connectivity index is 1.33. The Morgan fingerprint density at radius 1 is 1.07 bits per heavy atom. The Morgan fingerprint density at radius 2 is 1.79 bits per heavy atom. The van der Waals surface area contributed by atoms with Crippen LogP contribution in [0.15, 0.2) is 23.5 Å². The van der Waals surface area contributed by atoms with E-state index in [0.29, 0.717) is 5.57 Å². The molecule has 1 saturated carbocycles. The molecule has 12 heteroatoms. The van der Waals surface area contributed by atoms with E-state index in [9.17, 15) is 34.2 Å². The molecule has 12 nitrogen and oxygen atoms in total. The van der Waals surface area contributed by atoms with Gasteiger partial charge in [-0.1, -0.05) is 13.8 Å². The van der Waals surface area contributed by atoms with Gasteiger partial charge < -0.3 is 33.9 Å². The summed E-state index contributed by atoms with van der Waals surface area (Å²) in [5.74, 6) is -8.69. The molecule has 10 atom stereocenters. The summed E-state index contributed by atoms with van der Waals surface area (Å²) in [5.41, 5.74) is -8.45. The molecule has 6 saturated heterocycles. The van der Waals surface area contributed by atoms with Crippen molar-refractivity contribution in [2.24, 2.45) is 23.2 Å². The minimum Gasteiger partial charge on any atom is -0.450 e. The van der Waals surface area contributed by atoms with Gasteiger partial charge in [-0.15, -0.1) is 0 Å². The van der Waals surface area contributed by atoms with Crippen LogP contribution in [0.5, 0.6) is 0 Å². The van der Waals surface area contributed by atoms with E-state index < -0.39 is 99.5 Å². The highest BCUT2D eigenvalue weighted by Gasteiger charge is 2.91. The number of carbonyl (C=O) groups is 5. The summed E-state index contributed by atoms with van der Waals surface area (Å²) in [6.45, 7) is 8.36. The number of allylic oxidation sites excluding steroid dienone is 2. The fourth-order valence-electron chi connectivity index (χ4n) is 9.13. The van der Waals surface area contributed by atoms with Crippen LogP contribution < -0.4 is 0 Å². The molecular formula is C30H34O12. The first-order valence-corrected chi connectivity index (χ1v) is 14.4. The zero-order chi connectivity index (χ0) is 30.4. The minimum absolute atomic E-state index is 0.00459. The van der Waals surface area contributed by atoms with Crippen molar-refractivity contribution < 1.29 is 57.9 Å². The molecule has 226 valence electrons. The van der Waals surface area contributed by atoms with Gasteiger partial charge in [-0.25, -0.2) is 9.59 Å². The molecule has 2 N–H and O–H groups in total. The predicted octanol–water partition coefficient (Wildman–Crippen LogP) is 0.951. The number of carbonyl (C=O) groups excluding carboxylic acids is 5. The molecule has 8 rings (SSSR count). The molecule has 0 aromatic rings. The zero-order valence-corrected chi connectivity index (χ0v) is 24.1. The standard InChI is InChI=1S/C30H34O12/c1-13(8-15-9-14(2)23(34)38-15)21(32)26(5)6-7-28-20(22(33)27(36,12-26)24(35)42-28)16-10-17-25(3,4)40-18-11-19(31)41-29(17,18)30(28,37)39-16/h8-9,13,16-18,20,36-37H,6-7,10-12H2,1-5H3/b15-8-/t13-,16+,17-,18+,20-,26-,27-,28+,29+,30+/m0/s1. The van der Waals surface area contributed by atoms with E-state index >= 15 is 0 Å². The topological polar surface area (TPSA) is 172 Å². The normalized spacial score (nSPS) is 49.8. The number of fused-ring (bicyclic) bond motifs is 6. The summed E-state index contributed by atoms with van der Waals surface area (Å²) < 4.78 is 29.5. The van der Waals surface area contributed by atoms with Gasteiger partial charge in [-0.2, -0.15) is 0 Å². The average molecular weight is 587 g/mol. The monoisotopic (exact) mass is 586 g/mol. The van der Waals surface area contributed by atoms with Crippen molar-refractivity contribution in [3.63, 3.8) is 0 Å². The van der Waals surface area contributed by atoms with Gasteiger partial charge >= 0.3 is 17.9 Å². The van der Waals surface area contributed by atoms with Crippen molar-refractivity contribution in [3.05, 3.63) is 23.5 Å². The molecule has 4 bridgehead atoms. The maximum atomic E-state index is 14.2. The van der Waals surface area contributed by atoms with Gasteiger partial charge in [0.05, 0.1) is 24.0 Å². The molecular weight excluding hydrogens is 552 g/mol. The number of hydrogen-bond acceptors (Lipinski definition) is 12. The third-order valence-electron chi connectivity index (χ3n) is 11.0. The van der Waals surface area contributed by atoms with Crippen LogP contribution in [0.25, 0.3) is 0 Å². The molecule has 0 amide bonds. The number of aliphatic hydroxyl groups is 2. The third-order valence-corrected chi connectivity index (χ3v) is 11.0. The molecule has 7 aliphatic heterocycles. The number of cyclic esters (lactones) is 1. The van der Waals surface area contributed by atoms with Crippen molar-refractivity contribution in [2.75, 3.05) is 0 Å². The molecule has 7 heterocycles. The number of hydrogen-bond donors (Lipinski definition) is 2. The van der Waals surface area contributed by atoms with Gasteiger partial charge in [-0.3, -0.25) is 14.4 Å². The molecule has 0 aromatic carbocycles. The first-order chi connectivity index (χ1) is 19.4. The number of rotatable bonds is 3. The summed E-state index contributed by atoms with van der Waals surface area (Å²) in [7, 11) is 0. The van der Waals surface area contributed by atoms with Crippen LogP contribution in [0.4, 0.5) is 0 Å². The number of ketones is 2. The smallest absolute Gasteiger partial charge is 0.346 e. The van der Waals surface area contributed by atoms with E-state index in [4.69, 9.17) is 23.7 Å². The second kappa shape index (κ2) is 7.96. The van der Waals surface area contributed by atoms with Gasteiger partial charge in [0, 0.05) is 29.2 Å². The van der Waals surface area contributed by atoms with Crippen LogP contribution >= 0.6 is 0 Å². The minimum atomic E-state index is -2.68. The maximum Gasteiger partial charge on any atom is 0.346 e. The highest BCUT2D eigenvalue weighted by atomic mass is 16.7. The lowest BCUT2D eigenvalue weighted by Crippen LogP contribution is -2.77. The first-order valence-electron chi connectivity index (χ1n) is 14.4. The largest absolute Gasteiger partial charge is 0.450 e. The molecule has 8 aliphatic rings.